The standard InChI is InChI=1S/C24H22N4O3S/c1-4-17-5-7-19(8-6-17)26-23(30)18(14-25)13-20-15-32-24(27-20)28(16(2)29)21-9-11-22(31-3)12-10-21/h5-13,15H,4H2,1-3H3,(H,26,30)/b18-13+. The van der Waals surface area contributed by atoms with Gasteiger partial charge in [-0.25, -0.2) is 4.98 Å². The van der Waals surface area contributed by atoms with Gasteiger partial charge in [0.05, 0.1) is 18.5 Å². The zero-order chi connectivity index (χ0) is 23.1. The summed E-state index contributed by atoms with van der Waals surface area (Å²) >= 11 is 1.24. The summed E-state index contributed by atoms with van der Waals surface area (Å²) in [6, 6.07) is 16.4. The van der Waals surface area contributed by atoms with E-state index >= 15 is 0 Å². The summed E-state index contributed by atoms with van der Waals surface area (Å²) in [7, 11) is 1.57. The van der Waals surface area contributed by atoms with Crippen LogP contribution in [0.2, 0.25) is 0 Å². The molecule has 0 saturated carbocycles. The number of nitrogens with one attached hydrogen (secondary N) is 1. The van der Waals surface area contributed by atoms with Crippen LogP contribution in [0.25, 0.3) is 6.08 Å². The van der Waals surface area contributed by atoms with E-state index in [1.165, 1.54) is 29.2 Å². The van der Waals surface area contributed by atoms with E-state index in [-0.39, 0.29) is 11.5 Å². The Morgan fingerprint density at radius 1 is 1.19 bits per heavy atom. The number of hydrogen-bond donors (Lipinski definition) is 1. The molecule has 0 fully saturated rings. The van der Waals surface area contributed by atoms with E-state index in [0.29, 0.717) is 27.9 Å². The van der Waals surface area contributed by atoms with Crippen molar-refractivity contribution in [2.24, 2.45) is 0 Å². The van der Waals surface area contributed by atoms with Crippen molar-refractivity contribution in [3.8, 4) is 11.8 Å². The van der Waals surface area contributed by atoms with Gasteiger partial charge in [-0.15, -0.1) is 11.3 Å². The molecule has 0 saturated heterocycles. The van der Waals surface area contributed by atoms with Crippen molar-refractivity contribution in [2.45, 2.75) is 20.3 Å². The van der Waals surface area contributed by atoms with Gasteiger partial charge in [0, 0.05) is 18.0 Å². The molecule has 0 radical (unpaired) electrons. The number of methoxy groups -OCH3 is 1. The molecule has 0 bridgehead atoms. The van der Waals surface area contributed by atoms with E-state index in [9.17, 15) is 14.9 Å². The van der Waals surface area contributed by atoms with Crippen molar-refractivity contribution in [1.82, 2.24) is 4.98 Å². The van der Waals surface area contributed by atoms with Gasteiger partial charge in [-0.1, -0.05) is 19.1 Å². The minimum Gasteiger partial charge on any atom is -0.497 e. The minimum atomic E-state index is -0.523. The van der Waals surface area contributed by atoms with E-state index in [2.05, 4.69) is 10.3 Å². The van der Waals surface area contributed by atoms with Crippen LogP contribution in [-0.4, -0.2) is 23.9 Å². The molecule has 7 nitrogen and oxygen atoms in total. The average molecular weight is 447 g/mol. The molecule has 32 heavy (non-hydrogen) atoms. The van der Waals surface area contributed by atoms with Gasteiger partial charge >= 0.3 is 0 Å². The zero-order valence-electron chi connectivity index (χ0n) is 18.0. The summed E-state index contributed by atoms with van der Waals surface area (Å²) < 4.78 is 5.16. The fourth-order valence-corrected chi connectivity index (χ4v) is 3.77. The largest absolute Gasteiger partial charge is 0.497 e. The number of nitriles is 1. The molecule has 1 N–H and O–H groups in total. The smallest absolute Gasteiger partial charge is 0.266 e. The zero-order valence-corrected chi connectivity index (χ0v) is 18.8. The predicted molar refractivity (Wildman–Crippen MR) is 126 cm³/mol. The predicted octanol–water partition coefficient (Wildman–Crippen LogP) is 4.94. The summed E-state index contributed by atoms with van der Waals surface area (Å²) in [6.07, 6.45) is 2.31. The van der Waals surface area contributed by atoms with Gasteiger partial charge in [0.1, 0.15) is 17.4 Å². The Bertz CT molecular complexity index is 1180. The van der Waals surface area contributed by atoms with Crippen LogP contribution in [0.1, 0.15) is 25.1 Å². The molecule has 3 aromatic rings. The Hall–Kier alpha value is -3.96. The van der Waals surface area contributed by atoms with Gasteiger partial charge in [0.25, 0.3) is 5.91 Å². The molecule has 0 aliphatic carbocycles. The number of amides is 2. The molecular formula is C24H22N4O3S. The third kappa shape index (κ3) is 5.39. The first-order valence-corrected chi connectivity index (χ1v) is 10.8. The second-order valence-corrected chi connectivity index (χ2v) is 7.62. The molecule has 0 spiro atoms. The van der Waals surface area contributed by atoms with Crippen LogP contribution < -0.4 is 15.0 Å². The number of nitrogens with zero attached hydrogens (tertiary/aromatic N) is 3. The Kier molecular flexibility index (Phi) is 7.37. The Balaban J connectivity index is 1.81. The number of hydrogen-bond acceptors (Lipinski definition) is 6. The highest BCUT2D eigenvalue weighted by Crippen LogP contribution is 2.30. The van der Waals surface area contributed by atoms with Gasteiger partial charge in [0.2, 0.25) is 5.91 Å². The van der Waals surface area contributed by atoms with Crippen LogP contribution in [0.5, 0.6) is 5.75 Å². The molecule has 2 amide bonds. The van der Waals surface area contributed by atoms with Crippen LogP contribution in [0.15, 0.2) is 59.5 Å². The molecule has 0 aliphatic rings. The van der Waals surface area contributed by atoms with Crippen LogP contribution in [0.4, 0.5) is 16.5 Å². The third-order valence-electron chi connectivity index (χ3n) is 4.62. The summed E-state index contributed by atoms with van der Waals surface area (Å²) in [4.78, 5) is 30.7. The van der Waals surface area contributed by atoms with Gasteiger partial charge in [0.15, 0.2) is 5.13 Å². The SMILES string of the molecule is CCc1ccc(NC(=O)/C(C#N)=C/c2csc(N(C(C)=O)c3ccc(OC)cc3)n2)cc1. The highest BCUT2D eigenvalue weighted by molar-refractivity contribution is 7.14. The van der Waals surface area contributed by atoms with Crippen molar-refractivity contribution < 1.29 is 14.3 Å². The number of benzene rings is 2. The quantitative estimate of drug-likeness (QED) is 0.409. The first-order valence-electron chi connectivity index (χ1n) is 9.87. The van der Waals surface area contributed by atoms with Crippen LogP contribution in [0, 0.1) is 11.3 Å². The lowest BCUT2D eigenvalue weighted by Crippen LogP contribution is -2.22. The lowest BCUT2D eigenvalue weighted by molar-refractivity contribution is -0.116. The van der Waals surface area contributed by atoms with Gasteiger partial charge in [-0.3, -0.25) is 14.5 Å². The molecule has 0 unspecified atom stereocenters. The highest BCUT2D eigenvalue weighted by Gasteiger charge is 2.18. The lowest BCUT2D eigenvalue weighted by atomic mass is 10.1. The number of carbonyl (C=O) groups excluding carboxylic acids is 2. The van der Waals surface area contributed by atoms with Crippen molar-refractivity contribution in [3.63, 3.8) is 0 Å². The van der Waals surface area contributed by atoms with Crippen molar-refractivity contribution >= 4 is 45.7 Å². The summed E-state index contributed by atoms with van der Waals surface area (Å²) in [5.41, 5.74) is 2.73. The number of rotatable bonds is 7. The maximum Gasteiger partial charge on any atom is 0.266 e. The number of aromatic nitrogens is 1. The van der Waals surface area contributed by atoms with Gasteiger partial charge < -0.3 is 10.1 Å². The van der Waals surface area contributed by atoms with Gasteiger partial charge in [-0.2, -0.15) is 5.26 Å². The molecule has 0 atom stereocenters. The first kappa shape index (κ1) is 22.7. The minimum absolute atomic E-state index is 0.0831. The van der Waals surface area contributed by atoms with Crippen LogP contribution >= 0.6 is 11.3 Å². The second kappa shape index (κ2) is 10.4. The summed E-state index contributed by atoms with van der Waals surface area (Å²) in [5, 5.41) is 14.3. The molecule has 2 aromatic carbocycles. The summed E-state index contributed by atoms with van der Waals surface area (Å²) in [6.45, 7) is 3.49. The average Bonchev–Trinajstić information content (AvgIpc) is 3.26. The first-order chi connectivity index (χ1) is 15.4. The van der Waals surface area contributed by atoms with Gasteiger partial charge in [-0.05, 0) is 54.5 Å². The number of carbonyl (C=O) groups is 2. The fourth-order valence-electron chi connectivity index (χ4n) is 2.92. The Morgan fingerprint density at radius 2 is 1.88 bits per heavy atom. The molecule has 8 heteroatoms. The molecule has 3 rings (SSSR count). The van der Waals surface area contributed by atoms with E-state index in [1.54, 1.807) is 48.9 Å². The molecule has 1 heterocycles. The number of ether oxygens (including phenoxy) is 1. The van der Waals surface area contributed by atoms with E-state index < -0.39 is 5.91 Å². The monoisotopic (exact) mass is 446 g/mol. The fraction of sp³-hybridized carbons (Fsp3) is 0.167. The van der Waals surface area contributed by atoms with Crippen LogP contribution in [-0.2, 0) is 16.0 Å². The Morgan fingerprint density at radius 3 is 2.44 bits per heavy atom. The van der Waals surface area contributed by atoms with Crippen molar-refractivity contribution in [1.29, 1.82) is 5.26 Å². The number of thiazole rings is 1. The highest BCUT2D eigenvalue weighted by atomic mass is 32.1. The topological polar surface area (TPSA) is 95.3 Å². The maximum absolute atomic E-state index is 12.5. The van der Waals surface area contributed by atoms with E-state index in [1.807, 2.05) is 25.1 Å². The van der Waals surface area contributed by atoms with Crippen molar-refractivity contribution in [2.75, 3.05) is 17.3 Å². The van der Waals surface area contributed by atoms with Crippen LogP contribution in [0.3, 0.4) is 0 Å². The van der Waals surface area contributed by atoms with Crippen molar-refractivity contribution in [3.05, 3.63) is 70.7 Å². The number of anilines is 3. The molecule has 1 aromatic heterocycles. The number of aryl methyl sites for hydroxylation is 1. The molecule has 162 valence electrons. The second-order valence-electron chi connectivity index (χ2n) is 6.78. The Labute approximate surface area is 190 Å². The third-order valence-corrected chi connectivity index (χ3v) is 5.47. The molecule has 0 aliphatic heterocycles. The lowest BCUT2D eigenvalue weighted by Gasteiger charge is -2.18. The summed E-state index contributed by atoms with van der Waals surface area (Å²) in [5.74, 6) is -0.0623. The maximum atomic E-state index is 12.5. The molecular weight excluding hydrogens is 424 g/mol. The van der Waals surface area contributed by atoms with E-state index in [4.69, 9.17) is 4.74 Å². The normalized spacial score (nSPS) is 10.9. The van der Waals surface area contributed by atoms with E-state index in [0.717, 1.165) is 12.0 Å².